The summed E-state index contributed by atoms with van der Waals surface area (Å²) in [7, 11) is 0. The number of benzene rings is 1. The summed E-state index contributed by atoms with van der Waals surface area (Å²) in [5, 5.41) is 0. The first-order valence-electron chi connectivity index (χ1n) is 11.9. The summed E-state index contributed by atoms with van der Waals surface area (Å²) in [5.74, 6) is 1.07. The van der Waals surface area contributed by atoms with Crippen LogP contribution in [0.2, 0.25) is 0 Å². The molecule has 4 fully saturated rings. The van der Waals surface area contributed by atoms with Crippen molar-refractivity contribution < 1.29 is 9.53 Å². The minimum Gasteiger partial charge on any atom is -0.462 e. The molecule has 4 heteroatoms. The van der Waals surface area contributed by atoms with Crippen LogP contribution in [-0.2, 0) is 16.1 Å². The standard InChI is InChI=1S/C26H36N2O2/c1-19-7-6-10-26(2)16-24-21(15-23(19)26)22(25(29)30-24)18-28-13-11-27(12-14-28)17-20-8-4-3-5-9-20/h3-5,8-9,21-24H,1,6-7,10-18H2,2H3/t21-,22?,23+,24-,26-/m1/s1. The van der Waals surface area contributed by atoms with Crippen molar-refractivity contribution in [2.24, 2.45) is 23.2 Å². The molecule has 1 aromatic rings. The van der Waals surface area contributed by atoms with Gasteiger partial charge in [-0.1, -0.05) is 49.4 Å². The Morgan fingerprint density at radius 2 is 1.87 bits per heavy atom. The lowest BCUT2D eigenvalue weighted by Crippen LogP contribution is -2.49. The predicted octanol–water partition coefficient (Wildman–Crippen LogP) is 4.12. The molecule has 4 nitrogen and oxygen atoms in total. The van der Waals surface area contributed by atoms with Crippen LogP contribution in [0.1, 0.15) is 44.6 Å². The fourth-order valence-corrected chi connectivity index (χ4v) is 6.71. The molecule has 0 radical (unpaired) electrons. The van der Waals surface area contributed by atoms with E-state index in [2.05, 4.69) is 53.6 Å². The highest BCUT2D eigenvalue weighted by molar-refractivity contribution is 5.75. The largest absolute Gasteiger partial charge is 0.462 e. The Hall–Kier alpha value is -1.65. The van der Waals surface area contributed by atoms with E-state index in [1.54, 1.807) is 0 Å². The Kier molecular flexibility index (Phi) is 5.49. The zero-order valence-corrected chi connectivity index (χ0v) is 18.4. The van der Waals surface area contributed by atoms with E-state index in [1.165, 1.54) is 30.4 Å². The van der Waals surface area contributed by atoms with E-state index in [9.17, 15) is 4.79 Å². The van der Waals surface area contributed by atoms with Crippen LogP contribution >= 0.6 is 0 Å². The number of nitrogens with zero attached hydrogens (tertiary/aromatic N) is 2. The van der Waals surface area contributed by atoms with Crippen molar-refractivity contribution in [1.29, 1.82) is 0 Å². The Morgan fingerprint density at radius 1 is 1.13 bits per heavy atom. The van der Waals surface area contributed by atoms with Gasteiger partial charge in [-0.2, -0.15) is 0 Å². The van der Waals surface area contributed by atoms with E-state index in [4.69, 9.17) is 4.74 Å². The Morgan fingerprint density at radius 3 is 2.63 bits per heavy atom. The molecule has 2 heterocycles. The van der Waals surface area contributed by atoms with E-state index in [-0.39, 0.29) is 23.4 Å². The molecule has 4 aliphatic rings. The summed E-state index contributed by atoms with van der Waals surface area (Å²) in [4.78, 5) is 17.9. The van der Waals surface area contributed by atoms with E-state index in [0.717, 1.165) is 52.1 Å². The molecule has 0 N–H and O–H groups in total. The minimum absolute atomic E-state index is 0.0509. The topological polar surface area (TPSA) is 32.8 Å². The molecule has 2 aliphatic carbocycles. The van der Waals surface area contributed by atoms with Crippen molar-refractivity contribution in [3.8, 4) is 0 Å². The molecule has 2 saturated heterocycles. The van der Waals surface area contributed by atoms with Crippen LogP contribution in [0.4, 0.5) is 0 Å². The van der Waals surface area contributed by atoms with Crippen LogP contribution < -0.4 is 0 Å². The zero-order chi connectivity index (χ0) is 20.7. The van der Waals surface area contributed by atoms with Crippen molar-refractivity contribution in [3.05, 3.63) is 48.0 Å². The summed E-state index contributed by atoms with van der Waals surface area (Å²) in [5.41, 5.74) is 3.09. The lowest BCUT2D eigenvalue weighted by molar-refractivity contribution is -0.146. The number of hydrogen-bond acceptors (Lipinski definition) is 4. The summed E-state index contributed by atoms with van der Waals surface area (Å²) in [6, 6.07) is 10.7. The third-order valence-electron chi connectivity index (χ3n) is 8.49. The van der Waals surface area contributed by atoms with Gasteiger partial charge in [-0.25, -0.2) is 0 Å². The normalized spacial score (nSPS) is 37.5. The van der Waals surface area contributed by atoms with Crippen LogP contribution in [0.5, 0.6) is 0 Å². The average molecular weight is 409 g/mol. The summed E-state index contributed by atoms with van der Waals surface area (Å²) in [6.07, 6.45) is 5.94. The minimum atomic E-state index is 0.0509. The smallest absolute Gasteiger partial charge is 0.310 e. The number of piperazine rings is 1. The van der Waals surface area contributed by atoms with E-state index >= 15 is 0 Å². The van der Waals surface area contributed by atoms with Gasteiger partial charge in [-0.3, -0.25) is 14.6 Å². The molecule has 5 atom stereocenters. The molecule has 30 heavy (non-hydrogen) atoms. The number of carbonyl (C=O) groups excluding carboxylic acids is 1. The van der Waals surface area contributed by atoms with Crippen molar-refractivity contribution in [2.45, 2.75) is 51.7 Å². The van der Waals surface area contributed by atoms with Gasteiger partial charge in [0.1, 0.15) is 6.10 Å². The molecule has 2 saturated carbocycles. The lowest BCUT2D eigenvalue weighted by Gasteiger charge is -2.50. The van der Waals surface area contributed by atoms with E-state index < -0.39 is 0 Å². The lowest BCUT2D eigenvalue weighted by atomic mass is 9.55. The van der Waals surface area contributed by atoms with Crippen LogP contribution in [0.3, 0.4) is 0 Å². The monoisotopic (exact) mass is 408 g/mol. The second-order valence-electron chi connectivity index (χ2n) is 10.5. The molecule has 0 aromatic heterocycles. The molecule has 0 spiro atoms. The van der Waals surface area contributed by atoms with Gasteiger partial charge < -0.3 is 4.74 Å². The van der Waals surface area contributed by atoms with Gasteiger partial charge in [0.25, 0.3) is 0 Å². The first kappa shape index (κ1) is 20.3. The SMILES string of the molecule is C=C1CCC[C@]2(C)C[C@H]3OC(=O)C(CN4CCN(Cc5ccccc5)CC4)[C@H]3C[C@@H]12. The number of fused-ring (bicyclic) bond motifs is 2. The Bertz CT molecular complexity index is 785. The predicted molar refractivity (Wildman–Crippen MR) is 119 cm³/mol. The highest BCUT2D eigenvalue weighted by Crippen LogP contribution is 2.56. The first-order chi connectivity index (χ1) is 14.5. The maximum Gasteiger partial charge on any atom is 0.310 e. The highest BCUT2D eigenvalue weighted by Gasteiger charge is 2.55. The number of ether oxygens (including phenoxy) is 1. The average Bonchev–Trinajstić information content (AvgIpc) is 3.02. The van der Waals surface area contributed by atoms with Gasteiger partial charge in [0, 0.05) is 45.2 Å². The molecule has 5 rings (SSSR count). The van der Waals surface area contributed by atoms with Crippen molar-refractivity contribution >= 4 is 5.97 Å². The van der Waals surface area contributed by atoms with Crippen LogP contribution in [0.25, 0.3) is 0 Å². The first-order valence-corrected chi connectivity index (χ1v) is 11.9. The maximum atomic E-state index is 12.8. The Balaban J connectivity index is 1.19. The number of rotatable bonds is 4. The van der Waals surface area contributed by atoms with E-state index in [1.807, 2.05) is 0 Å². The third kappa shape index (κ3) is 3.85. The molecule has 1 unspecified atom stereocenters. The van der Waals surface area contributed by atoms with Gasteiger partial charge >= 0.3 is 5.97 Å². The zero-order valence-electron chi connectivity index (χ0n) is 18.4. The quantitative estimate of drug-likeness (QED) is 0.554. The van der Waals surface area contributed by atoms with Crippen LogP contribution in [0.15, 0.2) is 42.5 Å². The summed E-state index contributed by atoms with van der Waals surface area (Å²) < 4.78 is 5.96. The number of hydrogen-bond donors (Lipinski definition) is 0. The van der Waals surface area contributed by atoms with Crippen LogP contribution in [-0.4, -0.2) is 54.6 Å². The van der Waals surface area contributed by atoms with Crippen molar-refractivity contribution in [1.82, 2.24) is 9.80 Å². The van der Waals surface area contributed by atoms with Gasteiger partial charge in [0.15, 0.2) is 0 Å². The maximum absolute atomic E-state index is 12.8. The van der Waals surface area contributed by atoms with Crippen LogP contribution in [0, 0.1) is 23.2 Å². The third-order valence-corrected chi connectivity index (χ3v) is 8.49. The molecule has 0 bridgehead atoms. The van der Waals surface area contributed by atoms with Gasteiger partial charge in [-0.15, -0.1) is 0 Å². The molecular weight excluding hydrogens is 372 g/mol. The Labute approximate surface area is 181 Å². The van der Waals surface area contributed by atoms with Crippen molar-refractivity contribution in [2.75, 3.05) is 32.7 Å². The van der Waals surface area contributed by atoms with Gasteiger partial charge in [-0.05, 0) is 49.0 Å². The molecular formula is C26H36N2O2. The fourth-order valence-electron chi connectivity index (χ4n) is 6.71. The van der Waals surface area contributed by atoms with Gasteiger partial charge in [0.2, 0.25) is 0 Å². The van der Waals surface area contributed by atoms with E-state index in [0.29, 0.717) is 11.8 Å². The molecule has 162 valence electrons. The molecule has 1 aromatic carbocycles. The molecule has 0 amide bonds. The number of allylic oxidation sites excluding steroid dienone is 1. The summed E-state index contributed by atoms with van der Waals surface area (Å²) in [6.45, 7) is 12.9. The van der Waals surface area contributed by atoms with Crippen molar-refractivity contribution in [3.63, 3.8) is 0 Å². The second-order valence-corrected chi connectivity index (χ2v) is 10.5. The highest BCUT2D eigenvalue weighted by atomic mass is 16.6. The summed E-state index contributed by atoms with van der Waals surface area (Å²) >= 11 is 0. The number of esters is 1. The number of carbonyl (C=O) groups is 1. The van der Waals surface area contributed by atoms with Gasteiger partial charge in [0.05, 0.1) is 5.92 Å². The fraction of sp³-hybridized carbons (Fsp3) is 0.654. The second kappa shape index (κ2) is 8.12. The molecule has 2 aliphatic heterocycles.